The summed E-state index contributed by atoms with van der Waals surface area (Å²) < 4.78 is 7.39. The van der Waals surface area contributed by atoms with Crippen LogP contribution in [0.4, 0.5) is 0 Å². The van der Waals surface area contributed by atoms with Gasteiger partial charge in [-0.1, -0.05) is 18.2 Å². The molecule has 1 aromatic carbocycles. The lowest BCUT2D eigenvalue weighted by Crippen LogP contribution is -2.41. The summed E-state index contributed by atoms with van der Waals surface area (Å²) in [6.07, 6.45) is 4.98. The first-order chi connectivity index (χ1) is 16.5. The lowest BCUT2D eigenvalue weighted by molar-refractivity contribution is 0.0847. The van der Waals surface area contributed by atoms with Crippen molar-refractivity contribution >= 4 is 22.7 Å². The molecule has 2 N–H and O–H groups in total. The highest BCUT2D eigenvalue weighted by Gasteiger charge is 2.19. The highest BCUT2D eigenvalue weighted by molar-refractivity contribution is 6.08. The summed E-state index contributed by atoms with van der Waals surface area (Å²) in [5.74, 6) is -0.325. The third-order valence-corrected chi connectivity index (χ3v) is 5.60. The Hall–Kier alpha value is -4.72. The molecular formula is C26H21N5O3. The Kier molecular flexibility index (Phi) is 5.39. The van der Waals surface area contributed by atoms with Gasteiger partial charge in [0.05, 0.1) is 34.8 Å². The van der Waals surface area contributed by atoms with Gasteiger partial charge in [0, 0.05) is 23.0 Å². The normalized spacial score (nSPS) is 10.9. The van der Waals surface area contributed by atoms with Crippen molar-refractivity contribution in [1.29, 1.82) is 0 Å². The topological polar surface area (TPSA) is 102 Å². The molecule has 0 aliphatic rings. The molecule has 0 aliphatic carbocycles. The smallest absolute Gasteiger partial charge is 0.271 e. The number of furan rings is 1. The summed E-state index contributed by atoms with van der Waals surface area (Å²) in [4.78, 5) is 34.8. The molecule has 8 nitrogen and oxygen atoms in total. The highest BCUT2D eigenvalue weighted by Crippen LogP contribution is 2.25. The SMILES string of the molecule is Cc1cc(C(=O)NNC(=O)c2cc(-c3ccco3)nc3ccccc23)c(C)n1-c1cccnc1. The number of nitrogens with zero attached hydrogens (tertiary/aromatic N) is 3. The van der Waals surface area contributed by atoms with Gasteiger partial charge in [0.15, 0.2) is 5.76 Å². The number of nitrogens with one attached hydrogen (secondary N) is 2. The summed E-state index contributed by atoms with van der Waals surface area (Å²) in [5, 5.41) is 0.666. The van der Waals surface area contributed by atoms with Gasteiger partial charge in [-0.25, -0.2) is 4.98 Å². The molecule has 4 aromatic heterocycles. The third kappa shape index (κ3) is 3.81. The van der Waals surface area contributed by atoms with Crippen molar-refractivity contribution in [3.8, 4) is 17.1 Å². The fourth-order valence-electron chi connectivity index (χ4n) is 4.04. The number of hydrogen-bond donors (Lipinski definition) is 2. The van der Waals surface area contributed by atoms with E-state index in [0.29, 0.717) is 33.5 Å². The van der Waals surface area contributed by atoms with Crippen LogP contribution in [0.2, 0.25) is 0 Å². The average molecular weight is 451 g/mol. The van der Waals surface area contributed by atoms with Crippen molar-refractivity contribution in [2.75, 3.05) is 0 Å². The quantitative estimate of drug-likeness (QED) is 0.395. The number of pyridine rings is 2. The first-order valence-electron chi connectivity index (χ1n) is 10.7. The van der Waals surface area contributed by atoms with Gasteiger partial charge >= 0.3 is 0 Å². The second kappa shape index (κ2) is 8.67. The number of amides is 2. The molecule has 4 heterocycles. The number of aromatic nitrogens is 3. The summed E-state index contributed by atoms with van der Waals surface area (Å²) in [6, 6.07) is 18.0. The molecule has 0 saturated heterocycles. The van der Waals surface area contributed by atoms with Crippen LogP contribution in [0.15, 0.2) is 83.7 Å². The Morgan fingerprint density at radius 1 is 0.912 bits per heavy atom. The van der Waals surface area contributed by atoms with Crippen molar-refractivity contribution in [3.63, 3.8) is 0 Å². The largest absolute Gasteiger partial charge is 0.463 e. The molecule has 34 heavy (non-hydrogen) atoms. The van der Waals surface area contributed by atoms with E-state index >= 15 is 0 Å². The van der Waals surface area contributed by atoms with E-state index in [-0.39, 0.29) is 0 Å². The molecule has 168 valence electrons. The minimum atomic E-state index is -0.458. The van der Waals surface area contributed by atoms with Crippen LogP contribution in [-0.4, -0.2) is 26.3 Å². The minimum absolute atomic E-state index is 0.373. The molecule has 0 radical (unpaired) electrons. The lowest BCUT2D eigenvalue weighted by Gasteiger charge is -2.11. The molecule has 0 saturated carbocycles. The van der Waals surface area contributed by atoms with Gasteiger partial charge in [-0.2, -0.15) is 0 Å². The second-order valence-electron chi connectivity index (χ2n) is 7.79. The number of para-hydroxylation sites is 1. The third-order valence-electron chi connectivity index (χ3n) is 5.60. The molecule has 5 aromatic rings. The van der Waals surface area contributed by atoms with Crippen LogP contribution in [-0.2, 0) is 0 Å². The Labute approximate surface area is 195 Å². The molecule has 0 fully saturated rings. The zero-order valence-electron chi connectivity index (χ0n) is 18.6. The second-order valence-corrected chi connectivity index (χ2v) is 7.79. The predicted octanol–water partition coefficient (Wildman–Crippen LogP) is 4.37. The summed E-state index contributed by atoms with van der Waals surface area (Å²) in [7, 11) is 0. The van der Waals surface area contributed by atoms with E-state index in [0.717, 1.165) is 17.1 Å². The molecule has 0 atom stereocenters. The number of fused-ring (bicyclic) bond motifs is 1. The van der Waals surface area contributed by atoms with Gasteiger partial charge in [-0.15, -0.1) is 0 Å². The van der Waals surface area contributed by atoms with Gasteiger partial charge in [0.1, 0.15) is 5.69 Å². The van der Waals surface area contributed by atoms with Crippen LogP contribution in [0.3, 0.4) is 0 Å². The Morgan fingerprint density at radius 2 is 1.71 bits per heavy atom. The Balaban J connectivity index is 1.41. The van der Waals surface area contributed by atoms with Crippen LogP contribution in [0.25, 0.3) is 28.0 Å². The number of hydrogen-bond acceptors (Lipinski definition) is 5. The van der Waals surface area contributed by atoms with Gasteiger partial charge < -0.3 is 8.98 Å². The highest BCUT2D eigenvalue weighted by atomic mass is 16.3. The van der Waals surface area contributed by atoms with Gasteiger partial charge in [-0.05, 0) is 56.3 Å². The molecule has 8 heteroatoms. The molecule has 0 unspecified atom stereocenters. The number of hydrazine groups is 1. The number of rotatable bonds is 4. The maximum atomic E-state index is 13.1. The number of benzene rings is 1. The van der Waals surface area contributed by atoms with Crippen LogP contribution in [0.1, 0.15) is 32.1 Å². The molecule has 5 rings (SSSR count). The van der Waals surface area contributed by atoms with E-state index < -0.39 is 11.8 Å². The van der Waals surface area contributed by atoms with Crippen molar-refractivity contribution in [2.45, 2.75) is 13.8 Å². The minimum Gasteiger partial charge on any atom is -0.463 e. The summed E-state index contributed by atoms with van der Waals surface area (Å²) >= 11 is 0. The maximum Gasteiger partial charge on any atom is 0.271 e. The van der Waals surface area contributed by atoms with Crippen LogP contribution in [0, 0.1) is 13.8 Å². The molecule has 2 amide bonds. The van der Waals surface area contributed by atoms with Crippen molar-refractivity contribution in [1.82, 2.24) is 25.4 Å². The average Bonchev–Trinajstić information content (AvgIpc) is 3.50. The first-order valence-corrected chi connectivity index (χ1v) is 10.7. The summed E-state index contributed by atoms with van der Waals surface area (Å²) in [5.41, 5.74) is 9.56. The number of carbonyl (C=O) groups is 2. The predicted molar refractivity (Wildman–Crippen MR) is 127 cm³/mol. The van der Waals surface area contributed by atoms with Crippen LogP contribution >= 0.6 is 0 Å². The van der Waals surface area contributed by atoms with E-state index in [1.54, 1.807) is 42.9 Å². The van der Waals surface area contributed by atoms with E-state index in [9.17, 15) is 9.59 Å². The van der Waals surface area contributed by atoms with Gasteiger partial charge in [-0.3, -0.25) is 25.4 Å². The zero-order valence-corrected chi connectivity index (χ0v) is 18.6. The van der Waals surface area contributed by atoms with Crippen LogP contribution < -0.4 is 10.9 Å². The zero-order chi connectivity index (χ0) is 23.7. The molecule has 0 bridgehead atoms. The summed E-state index contributed by atoms with van der Waals surface area (Å²) in [6.45, 7) is 3.76. The molecule has 0 aliphatic heterocycles. The number of aryl methyl sites for hydroxylation is 1. The van der Waals surface area contributed by atoms with Gasteiger partial charge in [0.25, 0.3) is 11.8 Å². The number of carbonyl (C=O) groups excluding carboxylic acids is 2. The molecule has 0 spiro atoms. The molecular weight excluding hydrogens is 430 g/mol. The van der Waals surface area contributed by atoms with E-state index in [4.69, 9.17) is 4.42 Å². The Bertz CT molecular complexity index is 1500. The first kappa shape index (κ1) is 21.1. The Morgan fingerprint density at radius 3 is 2.44 bits per heavy atom. The monoisotopic (exact) mass is 451 g/mol. The lowest BCUT2D eigenvalue weighted by atomic mass is 10.1. The van der Waals surface area contributed by atoms with Crippen molar-refractivity contribution < 1.29 is 14.0 Å². The van der Waals surface area contributed by atoms with E-state index in [1.807, 2.05) is 54.8 Å². The fourth-order valence-corrected chi connectivity index (χ4v) is 4.04. The maximum absolute atomic E-state index is 13.1. The van der Waals surface area contributed by atoms with Gasteiger partial charge in [0.2, 0.25) is 0 Å². The standard InChI is InChI=1S/C26H21N5O3/c1-16-13-20(17(2)31(16)18-7-5-11-27-15-18)25(32)29-30-26(33)21-14-23(24-10-6-12-34-24)28-22-9-4-3-8-19(21)22/h3-15H,1-2H3,(H,29,32)(H,30,33). The van der Waals surface area contributed by atoms with E-state index in [1.165, 1.54) is 0 Å². The van der Waals surface area contributed by atoms with Crippen molar-refractivity contribution in [2.24, 2.45) is 0 Å². The fraction of sp³-hybridized carbons (Fsp3) is 0.0769. The van der Waals surface area contributed by atoms with E-state index in [2.05, 4.69) is 20.8 Å². The van der Waals surface area contributed by atoms with Crippen molar-refractivity contribution in [3.05, 3.63) is 102 Å². The van der Waals surface area contributed by atoms with Crippen LogP contribution in [0.5, 0.6) is 0 Å².